The number of ether oxygens (including phenoxy) is 1. The van der Waals surface area contributed by atoms with Crippen molar-refractivity contribution >= 4 is 31.0 Å². The molecule has 0 aliphatic carbocycles. The lowest BCUT2D eigenvalue weighted by atomic mass is 10.1. The molecule has 0 spiro atoms. The van der Waals surface area contributed by atoms with Crippen LogP contribution in [0.4, 0.5) is 0 Å². The van der Waals surface area contributed by atoms with Gasteiger partial charge in [0.1, 0.15) is 9.96 Å². The van der Waals surface area contributed by atoms with Crippen molar-refractivity contribution in [1.29, 1.82) is 0 Å². The van der Waals surface area contributed by atoms with Gasteiger partial charge in [-0.2, -0.15) is 0 Å². The molecule has 0 radical (unpaired) electrons. The zero-order valence-corrected chi connectivity index (χ0v) is 16.7. The second kappa shape index (κ2) is 7.67. The molecular formula is C17H21NO5S3. The Hall–Kier alpha value is -1.42. The van der Waals surface area contributed by atoms with Crippen LogP contribution in [0.5, 0.6) is 5.75 Å². The first-order valence-electron chi connectivity index (χ1n) is 8.16. The molecule has 2 unspecified atom stereocenters. The molecule has 1 aliphatic rings. The molecular weight excluding hydrogens is 394 g/mol. The molecule has 0 bridgehead atoms. The smallest absolute Gasteiger partial charge is 0.193 e. The summed E-state index contributed by atoms with van der Waals surface area (Å²) in [5.41, 5.74) is 1.04. The Morgan fingerprint density at radius 2 is 2.04 bits per heavy atom. The molecule has 142 valence electrons. The van der Waals surface area contributed by atoms with Gasteiger partial charge in [0.15, 0.2) is 19.7 Å². The highest BCUT2D eigenvalue weighted by atomic mass is 32.2. The van der Waals surface area contributed by atoms with E-state index in [1.165, 1.54) is 6.07 Å². The molecule has 0 amide bonds. The van der Waals surface area contributed by atoms with Gasteiger partial charge in [-0.25, -0.2) is 16.8 Å². The normalized spacial score (nSPS) is 22.3. The lowest BCUT2D eigenvalue weighted by Crippen LogP contribution is -2.43. The van der Waals surface area contributed by atoms with E-state index in [4.69, 9.17) is 4.74 Å². The Balaban J connectivity index is 1.71. The van der Waals surface area contributed by atoms with E-state index in [2.05, 4.69) is 5.32 Å². The number of methoxy groups -OCH3 is 1. The molecule has 1 aromatic heterocycles. The van der Waals surface area contributed by atoms with E-state index < -0.39 is 31.0 Å². The second-order valence-corrected chi connectivity index (χ2v) is 11.7. The van der Waals surface area contributed by atoms with Crippen LogP contribution in [0.2, 0.25) is 0 Å². The van der Waals surface area contributed by atoms with E-state index in [1.807, 2.05) is 24.3 Å². The SMILES string of the molecule is COc1cccc(CCNC2CS(=O)(=O)CC2S(=O)(=O)c2cccs2)c1. The van der Waals surface area contributed by atoms with Crippen LogP contribution in [0.25, 0.3) is 0 Å². The zero-order valence-electron chi connectivity index (χ0n) is 14.3. The topological polar surface area (TPSA) is 89.5 Å². The minimum atomic E-state index is -3.66. The molecule has 1 N–H and O–H groups in total. The van der Waals surface area contributed by atoms with Gasteiger partial charge in [-0.05, 0) is 42.1 Å². The Morgan fingerprint density at radius 1 is 1.23 bits per heavy atom. The molecule has 1 aromatic carbocycles. The van der Waals surface area contributed by atoms with Crippen molar-refractivity contribution in [2.45, 2.75) is 21.9 Å². The van der Waals surface area contributed by atoms with Crippen LogP contribution in [-0.4, -0.2) is 53.3 Å². The molecule has 6 nitrogen and oxygen atoms in total. The quantitative estimate of drug-likeness (QED) is 0.738. The Labute approximate surface area is 158 Å². The molecule has 3 rings (SSSR count). The predicted octanol–water partition coefficient (Wildman–Crippen LogP) is 1.53. The molecule has 0 saturated carbocycles. The Kier molecular flexibility index (Phi) is 5.71. The number of benzene rings is 1. The van der Waals surface area contributed by atoms with Gasteiger partial charge in [0.05, 0.1) is 23.9 Å². The zero-order chi connectivity index (χ0) is 18.8. The van der Waals surface area contributed by atoms with Crippen LogP contribution in [0, 0.1) is 0 Å². The number of nitrogens with one attached hydrogen (secondary N) is 1. The first kappa shape index (κ1) is 19.3. The van der Waals surface area contributed by atoms with E-state index in [9.17, 15) is 16.8 Å². The second-order valence-electron chi connectivity index (χ2n) is 6.25. The molecule has 2 atom stereocenters. The third-order valence-corrected chi connectivity index (χ3v) is 10.0. The van der Waals surface area contributed by atoms with Gasteiger partial charge < -0.3 is 10.1 Å². The van der Waals surface area contributed by atoms with Crippen molar-refractivity contribution in [3.8, 4) is 5.75 Å². The first-order valence-corrected chi connectivity index (χ1v) is 12.4. The van der Waals surface area contributed by atoms with Crippen molar-refractivity contribution < 1.29 is 21.6 Å². The highest BCUT2D eigenvalue weighted by molar-refractivity contribution is 7.97. The third-order valence-electron chi connectivity index (χ3n) is 4.43. The lowest BCUT2D eigenvalue weighted by molar-refractivity contribution is 0.414. The Morgan fingerprint density at radius 3 is 2.73 bits per heavy atom. The van der Waals surface area contributed by atoms with E-state index in [0.29, 0.717) is 13.0 Å². The summed E-state index contributed by atoms with van der Waals surface area (Å²) in [5, 5.41) is 3.88. The van der Waals surface area contributed by atoms with Crippen LogP contribution >= 0.6 is 11.3 Å². The van der Waals surface area contributed by atoms with Gasteiger partial charge in [0.2, 0.25) is 0 Å². The van der Waals surface area contributed by atoms with E-state index >= 15 is 0 Å². The highest BCUT2D eigenvalue weighted by Gasteiger charge is 2.45. The van der Waals surface area contributed by atoms with Crippen molar-refractivity contribution in [3.05, 3.63) is 47.3 Å². The van der Waals surface area contributed by atoms with E-state index in [-0.39, 0.29) is 15.7 Å². The highest BCUT2D eigenvalue weighted by Crippen LogP contribution is 2.28. The van der Waals surface area contributed by atoms with E-state index in [0.717, 1.165) is 22.6 Å². The van der Waals surface area contributed by atoms with Crippen LogP contribution in [-0.2, 0) is 26.1 Å². The number of sulfone groups is 2. The fraction of sp³-hybridized carbons (Fsp3) is 0.412. The molecule has 2 aromatic rings. The maximum atomic E-state index is 12.8. The summed E-state index contributed by atoms with van der Waals surface area (Å²) in [6, 6.07) is 10.2. The predicted molar refractivity (Wildman–Crippen MR) is 102 cm³/mol. The lowest BCUT2D eigenvalue weighted by Gasteiger charge is -2.19. The summed E-state index contributed by atoms with van der Waals surface area (Å²) in [6.07, 6.45) is 0.652. The molecule has 1 saturated heterocycles. The fourth-order valence-corrected chi connectivity index (χ4v) is 9.06. The van der Waals surface area contributed by atoms with Crippen molar-refractivity contribution in [2.75, 3.05) is 25.2 Å². The van der Waals surface area contributed by atoms with Crippen LogP contribution in [0.3, 0.4) is 0 Å². The average molecular weight is 416 g/mol. The molecule has 2 heterocycles. The largest absolute Gasteiger partial charge is 0.497 e. The van der Waals surface area contributed by atoms with Crippen LogP contribution < -0.4 is 10.1 Å². The van der Waals surface area contributed by atoms with Gasteiger partial charge in [-0.15, -0.1) is 11.3 Å². The maximum absolute atomic E-state index is 12.8. The molecule has 1 aliphatic heterocycles. The number of hydrogen-bond acceptors (Lipinski definition) is 7. The number of rotatable bonds is 7. The third kappa shape index (κ3) is 4.28. The molecule has 1 fully saturated rings. The summed E-state index contributed by atoms with van der Waals surface area (Å²) in [6.45, 7) is 0.490. The van der Waals surface area contributed by atoms with Gasteiger partial charge in [0.25, 0.3) is 0 Å². The monoisotopic (exact) mass is 415 g/mol. The van der Waals surface area contributed by atoms with Crippen molar-refractivity contribution in [1.82, 2.24) is 5.32 Å². The van der Waals surface area contributed by atoms with Gasteiger partial charge >= 0.3 is 0 Å². The first-order chi connectivity index (χ1) is 12.3. The summed E-state index contributed by atoms with van der Waals surface area (Å²) in [5.74, 6) is 0.272. The maximum Gasteiger partial charge on any atom is 0.193 e. The summed E-state index contributed by atoms with van der Waals surface area (Å²) < 4.78 is 55.1. The molecule has 9 heteroatoms. The molecule has 26 heavy (non-hydrogen) atoms. The Bertz CT molecular complexity index is 952. The number of hydrogen-bond donors (Lipinski definition) is 1. The fourth-order valence-electron chi connectivity index (χ4n) is 3.12. The standard InChI is InChI=1S/C17H21NO5S3/c1-23-14-5-2-4-13(10-14)7-8-18-15-11-25(19,20)12-16(15)26(21,22)17-6-3-9-24-17/h2-6,9-10,15-16,18H,7-8,11-12H2,1H3. The van der Waals surface area contributed by atoms with Gasteiger partial charge in [-0.1, -0.05) is 18.2 Å². The van der Waals surface area contributed by atoms with Gasteiger partial charge in [-0.3, -0.25) is 0 Å². The van der Waals surface area contributed by atoms with Gasteiger partial charge in [0, 0.05) is 6.04 Å². The summed E-state index contributed by atoms with van der Waals surface area (Å²) in [7, 11) is -5.45. The number of thiophene rings is 1. The average Bonchev–Trinajstić information content (AvgIpc) is 3.23. The van der Waals surface area contributed by atoms with Crippen molar-refractivity contribution in [3.63, 3.8) is 0 Å². The van der Waals surface area contributed by atoms with Crippen molar-refractivity contribution in [2.24, 2.45) is 0 Å². The van der Waals surface area contributed by atoms with E-state index in [1.54, 1.807) is 18.6 Å². The summed E-state index contributed by atoms with van der Waals surface area (Å²) >= 11 is 1.12. The minimum absolute atomic E-state index is 0.152. The minimum Gasteiger partial charge on any atom is -0.497 e. The van der Waals surface area contributed by atoms with Crippen LogP contribution in [0.15, 0.2) is 46.0 Å². The van der Waals surface area contributed by atoms with Crippen LogP contribution in [0.1, 0.15) is 5.56 Å². The summed E-state index contributed by atoms with van der Waals surface area (Å²) in [4.78, 5) is 0.